The quantitative estimate of drug-likeness (QED) is 0.866. The largest absolute Gasteiger partial charge is 0.343 e. The standard InChI is InChI=1S/C15H28N2O.ClH/c1-4-14(2,3)11-13(18)17-9-6-15(7-10-17)5-8-16-12-15;/h16H,4-12H2,1-3H3;1H. The van der Waals surface area contributed by atoms with E-state index in [1.807, 2.05) is 0 Å². The maximum atomic E-state index is 12.3. The van der Waals surface area contributed by atoms with Gasteiger partial charge in [0.25, 0.3) is 0 Å². The Kier molecular flexibility index (Phi) is 5.69. The summed E-state index contributed by atoms with van der Waals surface area (Å²) < 4.78 is 0. The van der Waals surface area contributed by atoms with Gasteiger partial charge in [0.2, 0.25) is 5.91 Å². The van der Waals surface area contributed by atoms with Crippen molar-refractivity contribution in [3.63, 3.8) is 0 Å². The predicted molar refractivity (Wildman–Crippen MR) is 81.7 cm³/mol. The molecule has 0 saturated carbocycles. The summed E-state index contributed by atoms with van der Waals surface area (Å²) in [5.74, 6) is 0.364. The average Bonchev–Trinajstić information content (AvgIpc) is 2.78. The number of hydrogen-bond acceptors (Lipinski definition) is 2. The van der Waals surface area contributed by atoms with Crippen LogP contribution in [0.2, 0.25) is 0 Å². The fourth-order valence-corrected chi connectivity index (χ4v) is 3.10. The number of nitrogens with zero attached hydrogens (tertiary/aromatic N) is 1. The highest BCUT2D eigenvalue weighted by Gasteiger charge is 2.38. The number of amides is 1. The summed E-state index contributed by atoms with van der Waals surface area (Å²) in [4.78, 5) is 14.4. The van der Waals surface area contributed by atoms with E-state index in [1.165, 1.54) is 19.3 Å². The van der Waals surface area contributed by atoms with Crippen LogP contribution in [0.4, 0.5) is 0 Å². The van der Waals surface area contributed by atoms with Crippen LogP contribution >= 0.6 is 12.4 Å². The number of carbonyl (C=O) groups is 1. The van der Waals surface area contributed by atoms with E-state index in [0.717, 1.165) is 32.6 Å². The number of hydrogen-bond donors (Lipinski definition) is 1. The molecule has 2 heterocycles. The number of nitrogens with one attached hydrogen (secondary N) is 1. The minimum absolute atomic E-state index is 0. The van der Waals surface area contributed by atoms with E-state index in [0.29, 0.717) is 17.7 Å². The van der Waals surface area contributed by atoms with Gasteiger partial charge < -0.3 is 10.2 Å². The molecule has 0 aromatic rings. The number of carbonyl (C=O) groups excluding carboxylic acids is 1. The summed E-state index contributed by atoms with van der Waals surface area (Å²) in [5, 5.41) is 3.47. The van der Waals surface area contributed by atoms with Gasteiger partial charge in [0, 0.05) is 26.1 Å². The second-order valence-corrected chi connectivity index (χ2v) is 7.00. The maximum Gasteiger partial charge on any atom is 0.223 e. The molecule has 1 N–H and O–H groups in total. The Hall–Kier alpha value is -0.280. The lowest BCUT2D eigenvalue weighted by Gasteiger charge is -2.39. The van der Waals surface area contributed by atoms with Gasteiger partial charge in [-0.05, 0) is 36.6 Å². The van der Waals surface area contributed by atoms with Gasteiger partial charge in [-0.1, -0.05) is 27.2 Å². The summed E-state index contributed by atoms with van der Waals surface area (Å²) in [6.07, 6.45) is 5.46. The minimum Gasteiger partial charge on any atom is -0.343 e. The monoisotopic (exact) mass is 288 g/mol. The normalized spacial score (nSPS) is 22.4. The van der Waals surface area contributed by atoms with E-state index in [2.05, 4.69) is 31.0 Å². The SMILES string of the molecule is CCC(C)(C)CC(=O)N1CCC2(CCNC2)CC1.Cl. The van der Waals surface area contributed by atoms with Gasteiger partial charge in [-0.25, -0.2) is 0 Å². The Balaban J connectivity index is 0.00000180. The minimum atomic E-state index is 0. The van der Waals surface area contributed by atoms with Crippen LogP contribution < -0.4 is 5.32 Å². The van der Waals surface area contributed by atoms with E-state index in [9.17, 15) is 4.79 Å². The molecule has 2 aliphatic rings. The van der Waals surface area contributed by atoms with Crippen molar-refractivity contribution in [2.24, 2.45) is 10.8 Å². The molecule has 0 radical (unpaired) electrons. The highest BCUT2D eigenvalue weighted by Crippen LogP contribution is 2.37. The van der Waals surface area contributed by atoms with Gasteiger partial charge in [-0.3, -0.25) is 4.79 Å². The molecule has 3 nitrogen and oxygen atoms in total. The summed E-state index contributed by atoms with van der Waals surface area (Å²) in [6, 6.07) is 0. The van der Waals surface area contributed by atoms with Crippen molar-refractivity contribution in [2.75, 3.05) is 26.2 Å². The molecule has 19 heavy (non-hydrogen) atoms. The molecular weight excluding hydrogens is 260 g/mol. The van der Waals surface area contributed by atoms with Crippen LogP contribution in [0.3, 0.4) is 0 Å². The van der Waals surface area contributed by atoms with Gasteiger partial charge in [0.05, 0.1) is 0 Å². The molecule has 0 unspecified atom stereocenters. The number of halogens is 1. The highest BCUT2D eigenvalue weighted by molar-refractivity contribution is 5.85. The Bertz CT molecular complexity index is 301. The molecule has 0 aromatic carbocycles. The molecule has 2 rings (SSSR count). The molecule has 2 aliphatic heterocycles. The Morgan fingerprint density at radius 2 is 1.89 bits per heavy atom. The van der Waals surface area contributed by atoms with Crippen LogP contribution in [0.25, 0.3) is 0 Å². The third-order valence-corrected chi connectivity index (χ3v) is 5.10. The van der Waals surface area contributed by atoms with E-state index in [-0.39, 0.29) is 17.8 Å². The van der Waals surface area contributed by atoms with Gasteiger partial charge >= 0.3 is 0 Å². The van der Waals surface area contributed by atoms with Crippen molar-refractivity contribution < 1.29 is 4.79 Å². The van der Waals surface area contributed by atoms with Crippen LogP contribution in [0, 0.1) is 10.8 Å². The topological polar surface area (TPSA) is 32.3 Å². The molecule has 1 amide bonds. The van der Waals surface area contributed by atoms with Crippen molar-refractivity contribution in [3.05, 3.63) is 0 Å². The molecular formula is C15H29ClN2O. The zero-order valence-electron chi connectivity index (χ0n) is 12.6. The number of rotatable bonds is 3. The zero-order valence-corrected chi connectivity index (χ0v) is 13.4. The molecule has 2 fully saturated rings. The predicted octanol–water partition coefficient (Wildman–Crippen LogP) is 2.84. The van der Waals surface area contributed by atoms with Crippen LogP contribution in [-0.2, 0) is 4.79 Å². The van der Waals surface area contributed by atoms with E-state index < -0.39 is 0 Å². The van der Waals surface area contributed by atoms with Gasteiger partial charge in [-0.15, -0.1) is 12.4 Å². The van der Waals surface area contributed by atoms with Crippen LogP contribution in [0.5, 0.6) is 0 Å². The van der Waals surface area contributed by atoms with Crippen molar-refractivity contribution >= 4 is 18.3 Å². The first-order valence-corrected chi connectivity index (χ1v) is 7.45. The van der Waals surface area contributed by atoms with Crippen LogP contribution in [-0.4, -0.2) is 37.0 Å². The highest BCUT2D eigenvalue weighted by atomic mass is 35.5. The number of piperidine rings is 1. The summed E-state index contributed by atoms with van der Waals surface area (Å²) in [6.45, 7) is 10.8. The van der Waals surface area contributed by atoms with Crippen LogP contribution in [0.15, 0.2) is 0 Å². The molecule has 0 bridgehead atoms. The van der Waals surface area contributed by atoms with E-state index in [1.54, 1.807) is 0 Å². The maximum absolute atomic E-state index is 12.3. The fraction of sp³-hybridized carbons (Fsp3) is 0.933. The summed E-state index contributed by atoms with van der Waals surface area (Å²) in [7, 11) is 0. The molecule has 0 atom stereocenters. The molecule has 1 spiro atoms. The second-order valence-electron chi connectivity index (χ2n) is 7.00. The summed E-state index contributed by atoms with van der Waals surface area (Å²) in [5.41, 5.74) is 0.665. The first-order chi connectivity index (χ1) is 8.46. The Morgan fingerprint density at radius 3 is 2.37 bits per heavy atom. The first kappa shape index (κ1) is 16.8. The number of likely N-dealkylation sites (tertiary alicyclic amines) is 1. The van der Waals surface area contributed by atoms with Gasteiger partial charge in [-0.2, -0.15) is 0 Å². The van der Waals surface area contributed by atoms with Gasteiger partial charge in [0.1, 0.15) is 0 Å². The Morgan fingerprint density at radius 1 is 1.26 bits per heavy atom. The zero-order chi connectivity index (χ0) is 13.2. The van der Waals surface area contributed by atoms with Crippen molar-refractivity contribution in [1.82, 2.24) is 10.2 Å². The lowest BCUT2D eigenvalue weighted by molar-refractivity contribution is -0.135. The molecule has 112 valence electrons. The smallest absolute Gasteiger partial charge is 0.223 e. The molecule has 0 aliphatic carbocycles. The third-order valence-electron chi connectivity index (χ3n) is 5.10. The third kappa shape index (κ3) is 4.09. The van der Waals surface area contributed by atoms with E-state index >= 15 is 0 Å². The van der Waals surface area contributed by atoms with Crippen molar-refractivity contribution in [1.29, 1.82) is 0 Å². The Labute approximate surface area is 123 Å². The second kappa shape index (κ2) is 6.45. The lowest BCUT2D eigenvalue weighted by atomic mass is 9.77. The van der Waals surface area contributed by atoms with Gasteiger partial charge in [0.15, 0.2) is 0 Å². The van der Waals surface area contributed by atoms with Crippen LogP contribution in [0.1, 0.15) is 52.9 Å². The molecule has 4 heteroatoms. The van der Waals surface area contributed by atoms with Crippen molar-refractivity contribution in [3.8, 4) is 0 Å². The molecule has 2 saturated heterocycles. The van der Waals surface area contributed by atoms with Crippen molar-refractivity contribution in [2.45, 2.75) is 52.9 Å². The molecule has 0 aromatic heterocycles. The van der Waals surface area contributed by atoms with E-state index in [4.69, 9.17) is 0 Å². The summed E-state index contributed by atoms with van der Waals surface area (Å²) >= 11 is 0. The lowest BCUT2D eigenvalue weighted by Crippen LogP contribution is -2.44. The fourth-order valence-electron chi connectivity index (χ4n) is 3.10. The average molecular weight is 289 g/mol. The first-order valence-electron chi connectivity index (χ1n) is 7.45.